The quantitative estimate of drug-likeness (QED) is 0.621. The van der Waals surface area contributed by atoms with Crippen molar-refractivity contribution in [1.29, 1.82) is 0 Å². The van der Waals surface area contributed by atoms with E-state index < -0.39 is 48.9 Å². The number of benzene rings is 2. The highest BCUT2D eigenvalue weighted by molar-refractivity contribution is 5.89. The Labute approximate surface area is 173 Å². The van der Waals surface area contributed by atoms with Gasteiger partial charge in [0.2, 0.25) is 0 Å². The second kappa shape index (κ2) is 8.43. The van der Waals surface area contributed by atoms with Crippen LogP contribution in [0.4, 0.5) is 0 Å². The van der Waals surface area contributed by atoms with Gasteiger partial charge in [0.1, 0.15) is 30.0 Å². The third kappa shape index (κ3) is 3.62. The number of methoxy groups -OCH3 is 1. The van der Waals surface area contributed by atoms with Gasteiger partial charge in [-0.2, -0.15) is 0 Å². The maximum atomic E-state index is 11.6. The van der Waals surface area contributed by atoms with E-state index in [1.165, 1.54) is 7.11 Å². The van der Waals surface area contributed by atoms with E-state index in [9.17, 15) is 20.1 Å². The first-order valence-electron chi connectivity index (χ1n) is 9.65. The van der Waals surface area contributed by atoms with Crippen LogP contribution >= 0.6 is 0 Å². The van der Waals surface area contributed by atoms with Crippen molar-refractivity contribution in [3.8, 4) is 0 Å². The van der Waals surface area contributed by atoms with Crippen LogP contribution in [0, 0.1) is 0 Å². The minimum atomic E-state index is -1.55. The van der Waals surface area contributed by atoms with Gasteiger partial charge in [0.05, 0.1) is 25.9 Å². The van der Waals surface area contributed by atoms with Crippen LogP contribution in [0.25, 0.3) is 0 Å². The van der Waals surface area contributed by atoms with E-state index in [0.717, 1.165) is 0 Å². The molecule has 30 heavy (non-hydrogen) atoms. The second-order valence-corrected chi connectivity index (χ2v) is 7.45. The molecule has 2 aliphatic rings. The Morgan fingerprint density at radius 1 is 1.13 bits per heavy atom. The van der Waals surface area contributed by atoms with Gasteiger partial charge in [0.15, 0.2) is 6.29 Å². The largest absolute Gasteiger partial charge is 0.465 e. The summed E-state index contributed by atoms with van der Waals surface area (Å²) in [7, 11) is 1.31. The van der Waals surface area contributed by atoms with Crippen molar-refractivity contribution in [3.63, 3.8) is 0 Å². The molecule has 0 radical (unpaired) electrons. The highest BCUT2D eigenvalue weighted by Crippen LogP contribution is 2.49. The SMILES string of the molecule is COC(=O)c1ccc(C2OC[C@@]3(O)C(c4ccccc4)O[C@H](C(O)CO)[C@@H]3O2)cc1. The molecular formula is C22H24O8. The molecule has 0 amide bonds. The molecule has 6 atom stereocenters. The molecule has 160 valence electrons. The van der Waals surface area contributed by atoms with E-state index in [4.69, 9.17) is 18.9 Å². The van der Waals surface area contributed by atoms with Crippen molar-refractivity contribution in [2.75, 3.05) is 20.3 Å². The summed E-state index contributed by atoms with van der Waals surface area (Å²) in [4.78, 5) is 11.6. The van der Waals surface area contributed by atoms with Crippen molar-refractivity contribution in [1.82, 2.24) is 0 Å². The lowest BCUT2D eigenvalue weighted by Crippen LogP contribution is -2.56. The molecular weight excluding hydrogens is 392 g/mol. The highest BCUT2D eigenvalue weighted by atomic mass is 16.7. The Bertz CT molecular complexity index is 870. The van der Waals surface area contributed by atoms with Gasteiger partial charge < -0.3 is 34.3 Å². The molecule has 3 N–H and O–H groups in total. The molecule has 8 heteroatoms. The fourth-order valence-corrected chi connectivity index (χ4v) is 3.98. The van der Waals surface area contributed by atoms with E-state index in [1.807, 2.05) is 30.3 Å². The Morgan fingerprint density at radius 3 is 2.47 bits per heavy atom. The zero-order valence-electron chi connectivity index (χ0n) is 16.4. The third-order valence-corrected chi connectivity index (χ3v) is 5.55. The first-order chi connectivity index (χ1) is 14.5. The number of hydrogen-bond donors (Lipinski definition) is 3. The number of aliphatic hydroxyl groups is 3. The lowest BCUT2D eigenvalue weighted by atomic mass is 9.85. The fourth-order valence-electron chi connectivity index (χ4n) is 3.98. The predicted molar refractivity (Wildman–Crippen MR) is 103 cm³/mol. The summed E-state index contributed by atoms with van der Waals surface area (Å²) in [6.45, 7) is -0.642. The van der Waals surface area contributed by atoms with Gasteiger partial charge in [0, 0.05) is 5.56 Å². The molecule has 3 unspecified atom stereocenters. The number of esters is 1. The summed E-state index contributed by atoms with van der Waals surface area (Å²) in [5.74, 6) is -0.456. The number of rotatable bonds is 5. The lowest BCUT2D eigenvalue weighted by molar-refractivity contribution is -0.292. The highest BCUT2D eigenvalue weighted by Gasteiger charge is 2.61. The van der Waals surface area contributed by atoms with Gasteiger partial charge in [0.25, 0.3) is 0 Å². The van der Waals surface area contributed by atoms with Gasteiger partial charge in [-0.25, -0.2) is 4.79 Å². The Morgan fingerprint density at radius 2 is 1.83 bits per heavy atom. The molecule has 2 aromatic carbocycles. The minimum absolute atomic E-state index is 0.102. The topological polar surface area (TPSA) is 115 Å². The van der Waals surface area contributed by atoms with Gasteiger partial charge in [-0.3, -0.25) is 0 Å². The summed E-state index contributed by atoms with van der Waals surface area (Å²) < 4.78 is 22.5. The molecule has 2 aromatic rings. The molecule has 0 saturated carbocycles. The molecule has 0 aliphatic carbocycles. The fraction of sp³-hybridized carbons (Fsp3) is 0.409. The van der Waals surface area contributed by atoms with Crippen molar-refractivity contribution < 1.29 is 39.1 Å². The zero-order chi connectivity index (χ0) is 21.3. The maximum Gasteiger partial charge on any atom is 0.337 e. The first kappa shape index (κ1) is 20.9. The van der Waals surface area contributed by atoms with Crippen LogP contribution in [0.15, 0.2) is 54.6 Å². The number of aliphatic hydroxyl groups excluding tert-OH is 2. The van der Waals surface area contributed by atoms with Crippen LogP contribution in [-0.4, -0.2) is 65.5 Å². The van der Waals surface area contributed by atoms with E-state index >= 15 is 0 Å². The van der Waals surface area contributed by atoms with E-state index in [2.05, 4.69) is 0 Å². The van der Waals surface area contributed by atoms with Crippen LogP contribution < -0.4 is 0 Å². The molecule has 0 spiro atoms. The molecule has 0 aromatic heterocycles. The van der Waals surface area contributed by atoms with Crippen LogP contribution in [0.2, 0.25) is 0 Å². The van der Waals surface area contributed by atoms with Crippen molar-refractivity contribution >= 4 is 5.97 Å². The molecule has 2 aliphatic heterocycles. The van der Waals surface area contributed by atoms with Crippen LogP contribution in [0.5, 0.6) is 0 Å². The number of carbonyl (C=O) groups excluding carboxylic acids is 1. The summed E-state index contributed by atoms with van der Waals surface area (Å²) >= 11 is 0. The Kier molecular flexibility index (Phi) is 5.88. The summed E-state index contributed by atoms with van der Waals surface area (Å²) in [5, 5.41) is 31.2. The van der Waals surface area contributed by atoms with Crippen LogP contribution in [-0.2, 0) is 18.9 Å². The molecule has 4 rings (SSSR count). The van der Waals surface area contributed by atoms with Crippen molar-refractivity contribution in [2.45, 2.75) is 36.3 Å². The van der Waals surface area contributed by atoms with Gasteiger partial charge in [-0.05, 0) is 17.7 Å². The van der Waals surface area contributed by atoms with E-state index in [-0.39, 0.29) is 6.61 Å². The third-order valence-electron chi connectivity index (χ3n) is 5.55. The summed E-state index contributed by atoms with van der Waals surface area (Å²) in [6, 6.07) is 15.6. The molecule has 2 saturated heterocycles. The molecule has 2 fully saturated rings. The number of carbonyl (C=O) groups is 1. The Balaban J connectivity index is 1.60. The maximum absolute atomic E-state index is 11.6. The van der Waals surface area contributed by atoms with Crippen LogP contribution in [0.1, 0.15) is 33.9 Å². The molecule has 8 nitrogen and oxygen atoms in total. The van der Waals surface area contributed by atoms with Crippen molar-refractivity contribution in [2.24, 2.45) is 0 Å². The van der Waals surface area contributed by atoms with Gasteiger partial charge >= 0.3 is 5.97 Å². The van der Waals surface area contributed by atoms with Gasteiger partial charge in [-0.1, -0.05) is 42.5 Å². The smallest absolute Gasteiger partial charge is 0.337 e. The monoisotopic (exact) mass is 416 g/mol. The summed E-state index contributed by atoms with van der Waals surface area (Å²) in [6.07, 6.45) is -4.77. The lowest BCUT2D eigenvalue weighted by Gasteiger charge is -2.41. The molecule has 2 heterocycles. The predicted octanol–water partition coefficient (Wildman–Crippen LogP) is 1.11. The van der Waals surface area contributed by atoms with E-state index in [1.54, 1.807) is 24.3 Å². The van der Waals surface area contributed by atoms with Crippen molar-refractivity contribution in [3.05, 3.63) is 71.3 Å². The minimum Gasteiger partial charge on any atom is -0.465 e. The summed E-state index contributed by atoms with van der Waals surface area (Å²) in [5.41, 5.74) is 0.177. The number of hydrogen-bond acceptors (Lipinski definition) is 8. The second-order valence-electron chi connectivity index (χ2n) is 7.45. The zero-order valence-corrected chi connectivity index (χ0v) is 16.4. The average molecular weight is 416 g/mol. The van der Waals surface area contributed by atoms with Gasteiger partial charge in [-0.15, -0.1) is 0 Å². The Hall–Kier alpha value is -2.33. The average Bonchev–Trinajstić information content (AvgIpc) is 3.11. The number of fused-ring (bicyclic) bond motifs is 1. The molecule has 0 bridgehead atoms. The first-order valence-corrected chi connectivity index (χ1v) is 9.65. The number of ether oxygens (including phenoxy) is 4. The van der Waals surface area contributed by atoms with Crippen LogP contribution in [0.3, 0.4) is 0 Å². The van der Waals surface area contributed by atoms with E-state index in [0.29, 0.717) is 16.7 Å². The normalized spacial score (nSPS) is 31.7. The standard InChI is InChI=1S/C22H24O8/c1-27-20(25)14-7-9-15(10-8-14)21-28-12-22(26)18(13-5-3-2-4-6-13)29-17(16(24)11-23)19(22)30-21/h2-10,16-19,21,23-24,26H,11-12H2,1H3/t16?,17-,18?,19+,21?,22-/m1/s1.